The number of rotatable bonds is 9. The van der Waals surface area contributed by atoms with Gasteiger partial charge < -0.3 is 49.5 Å². The fourth-order valence-corrected chi connectivity index (χ4v) is 5.56. The molecule has 2 aromatic rings. The summed E-state index contributed by atoms with van der Waals surface area (Å²) in [5.41, 5.74) is 1.69. The number of oxime groups is 1. The molecule has 9 atom stereocenters. The normalized spacial score (nSPS) is 32.3. The lowest BCUT2D eigenvalue weighted by Crippen LogP contribution is -2.67. The van der Waals surface area contributed by atoms with Crippen LogP contribution in [-0.4, -0.2) is 93.9 Å². The predicted octanol–water partition coefficient (Wildman–Crippen LogP) is 1.65. The minimum atomic E-state index is -1.49. The zero-order chi connectivity index (χ0) is 31.5. The average Bonchev–Trinajstić information content (AvgIpc) is 3.62. The highest BCUT2D eigenvalue weighted by molar-refractivity contribution is 6.30. The van der Waals surface area contributed by atoms with Crippen molar-refractivity contribution in [3.8, 4) is 5.75 Å². The number of ether oxygens (including phenoxy) is 4. The van der Waals surface area contributed by atoms with E-state index in [1.807, 2.05) is 6.07 Å². The SMILES string of the molecule is C/C(=C\c1ccc(OC2C[C@H](O)[C@@H](/C(C)=N/OCc3cccc(Cl)c3)O2)c(F)c1)C(=O)NC1[C@@H](O)[C@@H]2OCO[C@@H]2[C@H](O)[C@H]1O. The summed E-state index contributed by atoms with van der Waals surface area (Å²) in [5.74, 6) is -1.49. The van der Waals surface area contributed by atoms with Crippen LogP contribution < -0.4 is 10.1 Å². The molecule has 5 N–H and O–H groups in total. The Morgan fingerprint density at radius 3 is 2.57 bits per heavy atom. The number of halogens is 2. The van der Waals surface area contributed by atoms with E-state index in [0.29, 0.717) is 16.3 Å². The Kier molecular flexibility index (Phi) is 10.2. The third-order valence-electron chi connectivity index (χ3n) is 7.68. The number of hydrogen-bond donors (Lipinski definition) is 5. The molecule has 2 aromatic carbocycles. The number of nitrogens with zero attached hydrogens (tertiary/aromatic N) is 1. The van der Waals surface area contributed by atoms with E-state index < -0.39 is 66.8 Å². The topological polar surface area (TPSA) is 169 Å². The second-order valence-electron chi connectivity index (χ2n) is 10.9. The van der Waals surface area contributed by atoms with Gasteiger partial charge in [-0.2, -0.15) is 0 Å². The van der Waals surface area contributed by atoms with Gasteiger partial charge in [0.1, 0.15) is 50.0 Å². The highest BCUT2D eigenvalue weighted by Gasteiger charge is 2.53. The summed E-state index contributed by atoms with van der Waals surface area (Å²) in [4.78, 5) is 18.2. The molecule has 2 aliphatic heterocycles. The number of benzene rings is 2. The molecule has 1 saturated carbocycles. The quantitative estimate of drug-likeness (QED) is 0.155. The van der Waals surface area contributed by atoms with Gasteiger partial charge in [0.25, 0.3) is 0 Å². The summed E-state index contributed by atoms with van der Waals surface area (Å²) in [5, 5.41) is 48.9. The minimum Gasteiger partial charge on any atom is -0.462 e. The minimum absolute atomic E-state index is 0.0680. The lowest BCUT2D eigenvalue weighted by Gasteiger charge is -2.41. The molecule has 0 aromatic heterocycles. The third kappa shape index (κ3) is 7.22. The van der Waals surface area contributed by atoms with E-state index in [-0.39, 0.29) is 31.1 Å². The summed E-state index contributed by atoms with van der Waals surface area (Å²) in [6, 6.07) is 9.96. The van der Waals surface area contributed by atoms with Gasteiger partial charge in [-0.3, -0.25) is 4.79 Å². The summed E-state index contributed by atoms with van der Waals surface area (Å²) in [6.07, 6.45) is -7.24. The maximum Gasteiger partial charge on any atom is 0.247 e. The Labute approximate surface area is 257 Å². The molecule has 3 aliphatic rings. The van der Waals surface area contributed by atoms with Crippen molar-refractivity contribution in [2.24, 2.45) is 5.16 Å². The Morgan fingerprint density at radius 2 is 1.84 bits per heavy atom. The van der Waals surface area contributed by atoms with E-state index >= 15 is 0 Å². The number of aliphatic hydroxyl groups excluding tert-OH is 4. The van der Waals surface area contributed by atoms with Gasteiger partial charge in [-0.05, 0) is 55.3 Å². The molecular formula is C30H34ClFN2O10. The van der Waals surface area contributed by atoms with Gasteiger partial charge in [-0.1, -0.05) is 35.0 Å². The van der Waals surface area contributed by atoms with Crippen LogP contribution >= 0.6 is 11.6 Å². The van der Waals surface area contributed by atoms with Crippen molar-refractivity contribution in [2.75, 3.05) is 6.79 Å². The zero-order valence-corrected chi connectivity index (χ0v) is 24.6. The molecule has 12 nitrogen and oxygen atoms in total. The van der Waals surface area contributed by atoms with E-state index in [9.17, 15) is 29.6 Å². The Morgan fingerprint density at radius 1 is 1.09 bits per heavy atom. The summed E-state index contributed by atoms with van der Waals surface area (Å²) in [6.45, 7) is 3.14. The van der Waals surface area contributed by atoms with Crippen molar-refractivity contribution >= 4 is 29.3 Å². The Balaban J connectivity index is 1.15. The van der Waals surface area contributed by atoms with Gasteiger partial charge >= 0.3 is 0 Å². The van der Waals surface area contributed by atoms with Gasteiger partial charge in [0, 0.05) is 17.0 Å². The Hall–Kier alpha value is -3.14. The second kappa shape index (κ2) is 13.9. The molecule has 0 radical (unpaired) electrons. The van der Waals surface area contributed by atoms with E-state index in [0.717, 1.165) is 11.6 Å². The van der Waals surface area contributed by atoms with Crippen LogP contribution in [0.4, 0.5) is 4.39 Å². The molecule has 2 heterocycles. The molecule has 1 aliphatic carbocycles. The van der Waals surface area contributed by atoms with Crippen molar-refractivity contribution in [3.05, 3.63) is 70.0 Å². The molecule has 1 amide bonds. The third-order valence-corrected chi connectivity index (χ3v) is 7.91. The van der Waals surface area contributed by atoms with Crippen molar-refractivity contribution in [3.63, 3.8) is 0 Å². The van der Waals surface area contributed by atoms with E-state index in [1.165, 1.54) is 25.1 Å². The highest BCUT2D eigenvalue weighted by Crippen LogP contribution is 2.31. The van der Waals surface area contributed by atoms with E-state index in [4.69, 9.17) is 35.4 Å². The maximum atomic E-state index is 15.0. The number of carbonyl (C=O) groups is 1. The van der Waals surface area contributed by atoms with Crippen LogP contribution in [0.5, 0.6) is 5.75 Å². The highest BCUT2D eigenvalue weighted by atomic mass is 35.5. The molecule has 0 spiro atoms. The van der Waals surface area contributed by atoms with E-state index in [1.54, 1.807) is 25.1 Å². The number of carbonyl (C=O) groups excluding carboxylic acids is 1. The largest absolute Gasteiger partial charge is 0.462 e. The zero-order valence-electron chi connectivity index (χ0n) is 23.9. The van der Waals surface area contributed by atoms with Crippen LogP contribution in [0.1, 0.15) is 31.4 Å². The fourth-order valence-electron chi connectivity index (χ4n) is 5.35. The van der Waals surface area contributed by atoms with Crippen LogP contribution in [0.25, 0.3) is 6.08 Å². The van der Waals surface area contributed by atoms with Gasteiger partial charge in [0.2, 0.25) is 12.2 Å². The maximum absolute atomic E-state index is 15.0. The lowest BCUT2D eigenvalue weighted by molar-refractivity contribution is -0.155. The molecule has 44 heavy (non-hydrogen) atoms. The summed E-state index contributed by atoms with van der Waals surface area (Å²) >= 11 is 5.97. The summed E-state index contributed by atoms with van der Waals surface area (Å²) in [7, 11) is 0. The van der Waals surface area contributed by atoms with Crippen LogP contribution in [0.2, 0.25) is 5.02 Å². The number of nitrogens with one attached hydrogen (secondary N) is 1. The van der Waals surface area contributed by atoms with Crippen molar-refractivity contribution in [1.29, 1.82) is 0 Å². The van der Waals surface area contributed by atoms with Crippen LogP contribution in [0.15, 0.2) is 53.2 Å². The number of aliphatic hydroxyl groups is 4. The Bertz CT molecular complexity index is 1410. The number of fused-ring (bicyclic) bond motifs is 1. The van der Waals surface area contributed by atoms with Crippen LogP contribution in [-0.2, 0) is 30.4 Å². The standard InChI is InChI=1S/C30H34ClFN2O10/c1-14(30(39)33-23-24(36)26(38)29-28(25(23)37)40-13-41-29)8-16-6-7-21(19(32)10-16)43-22-11-20(35)27(44-22)15(2)34-42-12-17-4-3-5-18(31)9-17/h3-10,20,22-29,35-38H,11-13H2,1-2H3,(H,33,39)/b14-8+,34-15+/t20-,22?,23?,24-,25+,26+,27+,28-,29+/m0/s1. The summed E-state index contributed by atoms with van der Waals surface area (Å²) < 4.78 is 36.9. The first-order valence-corrected chi connectivity index (χ1v) is 14.4. The molecule has 14 heteroatoms. The van der Waals surface area contributed by atoms with Gasteiger partial charge in [0.15, 0.2) is 11.6 Å². The van der Waals surface area contributed by atoms with Gasteiger partial charge in [-0.15, -0.1) is 0 Å². The molecule has 238 valence electrons. The number of amides is 1. The fraction of sp³-hybridized carbons (Fsp3) is 0.467. The first-order valence-electron chi connectivity index (χ1n) is 14.0. The van der Waals surface area contributed by atoms with Gasteiger partial charge in [-0.25, -0.2) is 4.39 Å². The first kappa shape index (κ1) is 32.3. The lowest BCUT2D eigenvalue weighted by atomic mass is 9.83. The first-order chi connectivity index (χ1) is 21.0. The molecule has 2 saturated heterocycles. The monoisotopic (exact) mass is 636 g/mol. The van der Waals surface area contributed by atoms with Crippen LogP contribution in [0.3, 0.4) is 0 Å². The van der Waals surface area contributed by atoms with Crippen molar-refractivity contribution < 1.29 is 53.4 Å². The van der Waals surface area contributed by atoms with Crippen molar-refractivity contribution in [2.45, 2.75) is 81.9 Å². The smallest absolute Gasteiger partial charge is 0.247 e. The number of hydrogen-bond acceptors (Lipinski definition) is 11. The van der Waals surface area contributed by atoms with Crippen LogP contribution in [0, 0.1) is 5.82 Å². The molecule has 5 rings (SSSR count). The predicted molar refractivity (Wildman–Crippen MR) is 154 cm³/mol. The van der Waals surface area contributed by atoms with Gasteiger partial charge in [0.05, 0.1) is 17.9 Å². The van der Waals surface area contributed by atoms with E-state index in [2.05, 4.69) is 10.5 Å². The van der Waals surface area contributed by atoms with Crippen molar-refractivity contribution in [1.82, 2.24) is 5.32 Å². The molecule has 2 unspecified atom stereocenters. The average molecular weight is 637 g/mol. The molecule has 0 bridgehead atoms. The molecule has 3 fully saturated rings. The molecular weight excluding hydrogens is 603 g/mol. The second-order valence-corrected chi connectivity index (χ2v) is 11.3.